The lowest BCUT2D eigenvalue weighted by Gasteiger charge is -2.22. The number of H-pyrrole nitrogens is 1. The van der Waals surface area contributed by atoms with Crippen LogP contribution in [-0.4, -0.2) is 32.5 Å². The molecule has 0 radical (unpaired) electrons. The number of fused-ring (bicyclic) bond motifs is 4. The fourth-order valence-electron chi connectivity index (χ4n) is 4.98. The number of rotatable bonds is 4. The van der Waals surface area contributed by atoms with Gasteiger partial charge in [0.2, 0.25) is 5.82 Å². The van der Waals surface area contributed by atoms with E-state index in [0.717, 1.165) is 11.6 Å². The molecule has 2 fully saturated rings. The van der Waals surface area contributed by atoms with E-state index < -0.39 is 29.0 Å². The van der Waals surface area contributed by atoms with E-state index in [1.807, 2.05) is 6.07 Å². The van der Waals surface area contributed by atoms with Gasteiger partial charge in [-0.2, -0.15) is 5.26 Å². The van der Waals surface area contributed by atoms with Gasteiger partial charge in [0.25, 0.3) is 11.8 Å². The number of nitrogens with zero attached hydrogens (tertiary/aromatic N) is 3. The van der Waals surface area contributed by atoms with Crippen molar-refractivity contribution in [1.29, 1.82) is 5.26 Å². The van der Waals surface area contributed by atoms with Crippen LogP contribution in [0.3, 0.4) is 0 Å². The van der Waals surface area contributed by atoms with Crippen LogP contribution in [0.2, 0.25) is 0 Å². The number of halogens is 2. The van der Waals surface area contributed by atoms with Crippen LogP contribution in [0.25, 0.3) is 0 Å². The van der Waals surface area contributed by atoms with Gasteiger partial charge in [0.15, 0.2) is 0 Å². The van der Waals surface area contributed by atoms with Gasteiger partial charge in [-0.3, -0.25) is 14.7 Å². The van der Waals surface area contributed by atoms with Gasteiger partial charge in [0.05, 0.1) is 17.3 Å². The number of amides is 2. The maximum Gasteiger partial charge on any atom is 0.291 e. The molecule has 10 heteroatoms. The highest BCUT2D eigenvalue weighted by molar-refractivity contribution is 6.10. The minimum Gasteiger partial charge on any atom is -0.334 e. The molecule has 2 aromatic carbocycles. The Balaban J connectivity index is 1.20. The Hall–Kier alpha value is -4.13. The predicted octanol–water partition coefficient (Wildman–Crippen LogP) is 2.01. The smallest absolute Gasteiger partial charge is 0.291 e. The maximum atomic E-state index is 14.2. The average molecular weight is 432 g/mol. The Morgan fingerprint density at radius 2 is 2.06 bits per heavy atom. The van der Waals surface area contributed by atoms with Crippen LogP contribution >= 0.6 is 0 Å². The van der Waals surface area contributed by atoms with Gasteiger partial charge < -0.3 is 10.6 Å². The van der Waals surface area contributed by atoms with Gasteiger partial charge in [0.1, 0.15) is 23.0 Å². The van der Waals surface area contributed by atoms with Gasteiger partial charge >= 0.3 is 0 Å². The summed E-state index contributed by atoms with van der Waals surface area (Å²) in [6, 6.07) is 11.0. The molecule has 2 amide bonds. The third-order valence-electron chi connectivity index (χ3n) is 6.50. The van der Waals surface area contributed by atoms with Crippen LogP contribution in [0.1, 0.15) is 39.1 Å². The van der Waals surface area contributed by atoms with E-state index in [-0.39, 0.29) is 29.3 Å². The Bertz CT molecular complexity index is 1370. The highest BCUT2D eigenvalue weighted by atomic mass is 19.1. The molecule has 2 heterocycles. The zero-order chi connectivity index (χ0) is 22.2. The first-order valence-corrected chi connectivity index (χ1v) is 9.95. The fraction of sp³-hybridized carbons (Fsp3) is 0.227. The third-order valence-corrected chi connectivity index (χ3v) is 6.50. The number of hydrogen-bond acceptors (Lipinski definition) is 5. The lowest BCUT2D eigenvalue weighted by Crippen LogP contribution is -2.52. The Morgan fingerprint density at radius 3 is 2.84 bits per heavy atom. The molecule has 32 heavy (non-hydrogen) atoms. The first-order chi connectivity index (χ1) is 15.4. The van der Waals surface area contributed by atoms with E-state index in [4.69, 9.17) is 5.26 Å². The lowest BCUT2D eigenvalue weighted by atomic mass is 9.92. The van der Waals surface area contributed by atoms with Gasteiger partial charge in [0, 0.05) is 24.3 Å². The standard InChI is InChI=1S/C22H14F2N6O2/c23-11-6-12-15-16-17(15)22(16,21(32)27-18(12)13(24)7-11)28-20(31)19-26-14(29-30-19)5-9-2-1-3-10(4-9)8-25/h1-4,6-7,15-17H,5H2,(H,27,32)(H,28,31)(H,26,29,30)/t15?,16-,17?,22?/m1/s1. The molecular weight excluding hydrogens is 418 g/mol. The number of benzene rings is 2. The molecule has 4 atom stereocenters. The number of anilines is 1. The molecule has 1 aliphatic heterocycles. The van der Waals surface area contributed by atoms with Gasteiger partial charge in [-0.1, -0.05) is 12.1 Å². The molecule has 0 saturated heterocycles. The number of hydrogen-bond donors (Lipinski definition) is 3. The summed E-state index contributed by atoms with van der Waals surface area (Å²) in [5, 5.41) is 20.9. The number of carbonyl (C=O) groups excluding carboxylic acids is 2. The SMILES string of the molecule is N#Cc1cccc(Cc2nc(C(=O)NC34C(=O)Nc5c(F)cc(F)cc5C5C3[C@@H]54)n[nH]2)c1. The Kier molecular flexibility index (Phi) is 3.61. The summed E-state index contributed by atoms with van der Waals surface area (Å²) in [6.07, 6.45) is 0.342. The van der Waals surface area contributed by atoms with Crippen LogP contribution in [0.4, 0.5) is 14.5 Å². The molecule has 2 aliphatic carbocycles. The van der Waals surface area contributed by atoms with Crippen molar-refractivity contribution >= 4 is 17.5 Å². The fourth-order valence-corrected chi connectivity index (χ4v) is 4.98. The maximum absolute atomic E-state index is 14.2. The molecule has 3 N–H and O–H groups in total. The van der Waals surface area contributed by atoms with E-state index in [2.05, 4.69) is 31.9 Å². The summed E-state index contributed by atoms with van der Waals surface area (Å²) in [6.45, 7) is 0. The van der Waals surface area contributed by atoms with E-state index in [1.54, 1.807) is 18.2 Å². The van der Waals surface area contributed by atoms with Crippen molar-refractivity contribution in [3.05, 3.63) is 76.4 Å². The Morgan fingerprint density at radius 1 is 1.25 bits per heavy atom. The zero-order valence-corrected chi connectivity index (χ0v) is 16.3. The summed E-state index contributed by atoms with van der Waals surface area (Å²) in [5.41, 5.74) is 0.576. The summed E-state index contributed by atoms with van der Waals surface area (Å²) in [4.78, 5) is 29.8. The number of nitrogens with one attached hydrogen (secondary N) is 3. The quantitative estimate of drug-likeness (QED) is 0.582. The van der Waals surface area contributed by atoms with Gasteiger partial charge in [-0.05, 0) is 35.2 Å². The first-order valence-electron chi connectivity index (χ1n) is 9.95. The molecule has 2 saturated carbocycles. The summed E-state index contributed by atoms with van der Waals surface area (Å²) in [5.74, 6) is -2.97. The first kappa shape index (κ1) is 18.6. The molecule has 1 aromatic heterocycles. The van der Waals surface area contributed by atoms with Crippen molar-refractivity contribution in [2.24, 2.45) is 11.8 Å². The molecule has 158 valence electrons. The average Bonchev–Trinajstić information content (AvgIpc) is 3.62. The van der Waals surface area contributed by atoms with Crippen LogP contribution in [0.5, 0.6) is 0 Å². The molecule has 8 nitrogen and oxygen atoms in total. The van der Waals surface area contributed by atoms with Gasteiger partial charge in [-0.15, -0.1) is 5.10 Å². The van der Waals surface area contributed by atoms with Crippen molar-refractivity contribution < 1.29 is 18.4 Å². The van der Waals surface area contributed by atoms with Gasteiger partial charge in [-0.25, -0.2) is 13.8 Å². The number of carbonyl (C=O) groups is 2. The lowest BCUT2D eigenvalue weighted by molar-refractivity contribution is -0.120. The second-order valence-corrected chi connectivity index (χ2v) is 8.30. The van der Waals surface area contributed by atoms with E-state index >= 15 is 0 Å². The number of aromatic amines is 1. The van der Waals surface area contributed by atoms with Crippen LogP contribution in [0, 0.1) is 34.8 Å². The van der Waals surface area contributed by atoms with Crippen molar-refractivity contribution in [3.8, 4) is 6.07 Å². The topological polar surface area (TPSA) is 124 Å². The van der Waals surface area contributed by atoms with Crippen molar-refractivity contribution in [2.45, 2.75) is 17.9 Å². The van der Waals surface area contributed by atoms with Crippen LogP contribution in [0.15, 0.2) is 36.4 Å². The number of nitriles is 1. The monoisotopic (exact) mass is 432 g/mol. The Labute approximate surface area is 179 Å². The minimum atomic E-state index is -1.16. The van der Waals surface area contributed by atoms with Crippen molar-refractivity contribution in [1.82, 2.24) is 20.5 Å². The second kappa shape index (κ2) is 6.20. The molecule has 6 rings (SSSR count). The van der Waals surface area contributed by atoms with Crippen molar-refractivity contribution in [3.63, 3.8) is 0 Å². The minimum absolute atomic E-state index is 0.0256. The van der Waals surface area contributed by atoms with E-state index in [1.165, 1.54) is 6.07 Å². The van der Waals surface area contributed by atoms with Crippen LogP contribution in [-0.2, 0) is 11.2 Å². The summed E-state index contributed by atoms with van der Waals surface area (Å²) in [7, 11) is 0. The molecular formula is C22H14F2N6O2. The molecule has 3 unspecified atom stereocenters. The van der Waals surface area contributed by atoms with Crippen molar-refractivity contribution in [2.75, 3.05) is 5.32 Å². The normalized spacial score (nSPS) is 26.2. The predicted molar refractivity (Wildman–Crippen MR) is 105 cm³/mol. The molecule has 3 aliphatic rings. The molecule has 3 aromatic rings. The molecule has 0 spiro atoms. The number of aromatic nitrogens is 3. The van der Waals surface area contributed by atoms with Crippen LogP contribution < -0.4 is 10.6 Å². The zero-order valence-electron chi connectivity index (χ0n) is 16.3. The third kappa shape index (κ3) is 2.51. The van der Waals surface area contributed by atoms with E-state index in [0.29, 0.717) is 23.4 Å². The highest BCUT2D eigenvalue weighted by Gasteiger charge is 2.89. The largest absolute Gasteiger partial charge is 0.334 e. The highest BCUT2D eigenvalue weighted by Crippen LogP contribution is 2.81. The summed E-state index contributed by atoms with van der Waals surface area (Å²) >= 11 is 0. The van der Waals surface area contributed by atoms with E-state index in [9.17, 15) is 18.4 Å². The second-order valence-electron chi connectivity index (χ2n) is 8.30. The summed E-state index contributed by atoms with van der Waals surface area (Å²) < 4.78 is 27.8. The molecule has 0 bridgehead atoms.